The fourth-order valence-electron chi connectivity index (χ4n) is 3.14. The van der Waals surface area contributed by atoms with Gasteiger partial charge in [-0.15, -0.1) is 24.0 Å². The third-order valence-corrected chi connectivity index (χ3v) is 4.68. The Bertz CT molecular complexity index is 730. The van der Waals surface area contributed by atoms with E-state index in [9.17, 15) is 14.0 Å². The molecule has 1 saturated heterocycles. The maximum atomic E-state index is 13.6. The zero-order valence-corrected chi connectivity index (χ0v) is 19.5. The molecule has 0 aliphatic carbocycles. The molecule has 1 aromatic rings. The van der Waals surface area contributed by atoms with Crippen molar-refractivity contribution in [1.29, 1.82) is 0 Å². The first kappa shape index (κ1) is 25.1. The highest BCUT2D eigenvalue weighted by atomic mass is 127. The summed E-state index contributed by atoms with van der Waals surface area (Å²) in [5.74, 6) is -0.350. The lowest BCUT2D eigenvalue weighted by atomic mass is 9.98. The molecule has 2 N–H and O–H groups in total. The molecule has 1 aliphatic rings. The van der Waals surface area contributed by atoms with Gasteiger partial charge in [0.25, 0.3) is 5.91 Å². The number of carbonyl (C=O) groups excluding carboxylic acids is 2. The van der Waals surface area contributed by atoms with Crippen molar-refractivity contribution in [3.05, 3.63) is 35.1 Å². The van der Waals surface area contributed by atoms with Crippen LogP contribution in [0.1, 0.15) is 35.7 Å². The maximum absolute atomic E-state index is 13.6. The molecule has 1 amide bonds. The van der Waals surface area contributed by atoms with Gasteiger partial charge < -0.3 is 20.3 Å². The zero-order chi connectivity index (χ0) is 20.5. The molecule has 162 valence electrons. The summed E-state index contributed by atoms with van der Waals surface area (Å²) < 4.78 is 18.7. The molecular formula is C20H30FIN4O3. The summed E-state index contributed by atoms with van der Waals surface area (Å²) in [6, 6.07) is 4.42. The van der Waals surface area contributed by atoms with E-state index in [4.69, 9.17) is 4.74 Å². The lowest BCUT2D eigenvalue weighted by molar-refractivity contribution is -0.149. The second kappa shape index (κ2) is 12.6. The van der Waals surface area contributed by atoms with Crippen molar-refractivity contribution in [3.63, 3.8) is 0 Å². The van der Waals surface area contributed by atoms with E-state index in [-0.39, 0.29) is 41.8 Å². The molecular weight excluding hydrogens is 490 g/mol. The number of carbonyl (C=O) groups is 2. The minimum absolute atomic E-state index is 0. The summed E-state index contributed by atoms with van der Waals surface area (Å²) in [5, 5.41) is 5.95. The number of likely N-dealkylation sites (tertiary alicyclic amines) is 1. The number of aliphatic imine (C=N–C) groups is 1. The van der Waals surface area contributed by atoms with Crippen LogP contribution in [0.3, 0.4) is 0 Å². The molecule has 0 radical (unpaired) electrons. The van der Waals surface area contributed by atoms with Crippen LogP contribution in [0.2, 0.25) is 0 Å². The molecule has 1 fully saturated rings. The highest BCUT2D eigenvalue weighted by molar-refractivity contribution is 14.0. The van der Waals surface area contributed by atoms with Crippen LogP contribution in [0.4, 0.5) is 4.39 Å². The number of halogens is 2. The number of rotatable bonds is 6. The standard InChI is InChI=1S/C20H29FN4O3.HI/c1-4-28-19(27)16-6-5-11-25(13-16)20(22-3)24-10-9-23-18(26)15-8-7-14(2)17(21)12-15;/h7-8,12,16H,4-6,9-11,13H2,1-3H3,(H,22,24)(H,23,26);1H. The Labute approximate surface area is 188 Å². The quantitative estimate of drug-likeness (QED) is 0.198. The highest BCUT2D eigenvalue weighted by Gasteiger charge is 2.28. The summed E-state index contributed by atoms with van der Waals surface area (Å²) in [5.41, 5.74) is 0.797. The third kappa shape index (κ3) is 7.45. The number of amides is 1. The highest BCUT2D eigenvalue weighted by Crippen LogP contribution is 2.18. The van der Waals surface area contributed by atoms with E-state index in [1.54, 1.807) is 33.0 Å². The molecule has 1 unspecified atom stereocenters. The van der Waals surface area contributed by atoms with E-state index in [1.165, 1.54) is 6.07 Å². The van der Waals surface area contributed by atoms with Gasteiger partial charge in [0.15, 0.2) is 5.96 Å². The molecule has 0 aromatic heterocycles. The topological polar surface area (TPSA) is 83.0 Å². The van der Waals surface area contributed by atoms with E-state index in [0.717, 1.165) is 19.4 Å². The first-order valence-corrected chi connectivity index (χ1v) is 9.62. The van der Waals surface area contributed by atoms with Gasteiger partial charge in [-0.25, -0.2) is 4.39 Å². The van der Waals surface area contributed by atoms with E-state index < -0.39 is 5.82 Å². The van der Waals surface area contributed by atoms with Crippen molar-refractivity contribution < 1.29 is 18.7 Å². The van der Waals surface area contributed by atoms with Gasteiger partial charge in [-0.2, -0.15) is 0 Å². The average Bonchev–Trinajstić information content (AvgIpc) is 2.70. The number of aryl methyl sites for hydroxylation is 1. The Balaban J connectivity index is 0.00000420. The second-order valence-electron chi connectivity index (χ2n) is 6.73. The zero-order valence-electron chi connectivity index (χ0n) is 17.2. The van der Waals surface area contributed by atoms with Crippen molar-refractivity contribution in [2.45, 2.75) is 26.7 Å². The first-order chi connectivity index (χ1) is 13.5. The van der Waals surface area contributed by atoms with Crippen LogP contribution >= 0.6 is 24.0 Å². The SMILES string of the molecule is CCOC(=O)C1CCCN(C(=NC)NCCNC(=O)c2ccc(C)c(F)c2)C1.I. The number of piperidine rings is 1. The minimum atomic E-state index is -0.396. The fraction of sp³-hybridized carbons (Fsp3) is 0.550. The van der Waals surface area contributed by atoms with Gasteiger partial charge in [0.2, 0.25) is 0 Å². The molecule has 0 spiro atoms. The average molecular weight is 520 g/mol. The molecule has 1 aliphatic heterocycles. The molecule has 9 heteroatoms. The Morgan fingerprint density at radius 1 is 1.31 bits per heavy atom. The van der Waals surface area contributed by atoms with Crippen molar-refractivity contribution in [3.8, 4) is 0 Å². The van der Waals surface area contributed by atoms with Crippen molar-refractivity contribution >= 4 is 41.8 Å². The Morgan fingerprint density at radius 3 is 2.69 bits per heavy atom. The Kier molecular flexibility index (Phi) is 10.9. The van der Waals surface area contributed by atoms with Crippen LogP contribution in [-0.4, -0.2) is 62.6 Å². The van der Waals surface area contributed by atoms with Crippen LogP contribution < -0.4 is 10.6 Å². The number of ether oxygens (including phenoxy) is 1. The van der Waals surface area contributed by atoms with Crippen LogP contribution in [0.15, 0.2) is 23.2 Å². The van der Waals surface area contributed by atoms with Gasteiger partial charge in [-0.05, 0) is 44.4 Å². The largest absolute Gasteiger partial charge is 0.466 e. The summed E-state index contributed by atoms with van der Waals surface area (Å²) in [6.45, 7) is 6.04. The maximum Gasteiger partial charge on any atom is 0.310 e. The lowest BCUT2D eigenvalue weighted by Crippen LogP contribution is -2.49. The molecule has 0 bridgehead atoms. The number of nitrogens with one attached hydrogen (secondary N) is 2. The van der Waals surface area contributed by atoms with Gasteiger partial charge in [0.05, 0.1) is 12.5 Å². The second-order valence-corrected chi connectivity index (χ2v) is 6.73. The molecule has 1 heterocycles. The van der Waals surface area contributed by atoms with Crippen molar-refractivity contribution in [2.24, 2.45) is 10.9 Å². The van der Waals surface area contributed by atoms with Crippen molar-refractivity contribution in [2.75, 3.05) is 39.8 Å². The van der Waals surface area contributed by atoms with Crippen LogP contribution in [0.25, 0.3) is 0 Å². The van der Waals surface area contributed by atoms with E-state index in [2.05, 4.69) is 15.6 Å². The molecule has 1 aromatic carbocycles. The number of nitrogens with zero attached hydrogens (tertiary/aromatic N) is 2. The molecule has 2 rings (SSSR count). The smallest absolute Gasteiger partial charge is 0.310 e. The van der Waals surface area contributed by atoms with Crippen molar-refractivity contribution in [1.82, 2.24) is 15.5 Å². The van der Waals surface area contributed by atoms with Gasteiger partial charge in [0.1, 0.15) is 5.82 Å². The van der Waals surface area contributed by atoms with E-state index in [0.29, 0.717) is 43.3 Å². The lowest BCUT2D eigenvalue weighted by Gasteiger charge is -2.33. The third-order valence-electron chi connectivity index (χ3n) is 4.68. The van der Waals surface area contributed by atoms with Gasteiger partial charge in [0, 0.05) is 38.8 Å². The van der Waals surface area contributed by atoms with Crippen LogP contribution in [0.5, 0.6) is 0 Å². The number of hydrogen-bond acceptors (Lipinski definition) is 4. The summed E-state index contributed by atoms with van der Waals surface area (Å²) in [7, 11) is 1.68. The number of benzene rings is 1. The monoisotopic (exact) mass is 520 g/mol. The number of hydrogen-bond donors (Lipinski definition) is 2. The minimum Gasteiger partial charge on any atom is -0.466 e. The van der Waals surface area contributed by atoms with Gasteiger partial charge in [-0.1, -0.05) is 6.07 Å². The normalized spacial score (nSPS) is 16.6. The summed E-state index contributed by atoms with van der Waals surface area (Å²) in [6.07, 6.45) is 1.70. The number of esters is 1. The summed E-state index contributed by atoms with van der Waals surface area (Å²) >= 11 is 0. The van der Waals surface area contributed by atoms with Crippen LogP contribution in [-0.2, 0) is 9.53 Å². The predicted octanol–water partition coefficient (Wildman–Crippen LogP) is 2.33. The number of guanidine groups is 1. The Morgan fingerprint density at radius 2 is 2.03 bits per heavy atom. The van der Waals surface area contributed by atoms with Gasteiger partial charge in [-0.3, -0.25) is 14.6 Å². The van der Waals surface area contributed by atoms with Crippen LogP contribution in [0, 0.1) is 18.7 Å². The first-order valence-electron chi connectivity index (χ1n) is 9.62. The molecule has 29 heavy (non-hydrogen) atoms. The molecule has 1 atom stereocenters. The summed E-state index contributed by atoms with van der Waals surface area (Å²) in [4.78, 5) is 30.4. The molecule has 0 saturated carbocycles. The predicted molar refractivity (Wildman–Crippen MR) is 121 cm³/mol. The molecule has 7 nitrogen and oxygen atoms in total. The Hall–Kier alpha value is -1.91. The van der Waals surface area contributed by atoms with Gasteiger partial charge >= 0.3 is 5.97 Å². The van der Waals surface area contributed by atoms with E-state index in [1.807, 2.05) is 4.90 Å². The van der Waals surface area contributed by atoms with E-state index >= 15 is 0 Å². The fourth-order valence-corrected chi connectivity index (χ4v) is 3.14.